The molecule has 0 aromatic carbocycles. The third-order valence-electron chi connectivity index (χ3n) is 15.9. The summed E-state index contributed by atoms with van der Waals surface area (Å²) in [4.78, 5) is 13.1. The molecule has 6 N–H and O–H groups in total. The smallest absolute Gasteiger partial charge is 0.220 e. The lowest BCUT2D eigenvalue weighted by molar-refractivity contribution is -0.302. The SMILES string of the molecule is CCCCCCCCCCCCCC/C=C/C(O)C(COC1OC(CO)C(O)C(O)C1O)NC(=O)CCCCCCCCCCCCCCCCCCCCCCCCCCCCCCCCCCCCCC. The highest BCUT2D eigenvalue weighted by molar-refractivity contribution is 5.76. The van der Waals surface area contributed by atoms with Gasteiger partial charge in [0.15, 0.2) is 6.29 Å². The van der Waals surface area contributed by atoms with E-state index in [0.29, 0.717) is 6.42 Å². The van der Waals surface area contributed by atoms with Gasteiger partial charge in [0.25, 0.3) is 0 Å². The maximum atomic E-state index is 13.1. The molecule has 1 heterocycles. The normalized spacial score (nSPS) is 19.0. The standard InChI is InChI=1S/C64H125NO8/c1-3-5-7-9-11-13-15-17-19-20-21-22-23-24-25-26-27-28-29-30-31-32-33-34-35-36-37-38-39-40-42-44-46-48-50-52-54-60(68)65-57(56-72-64-63(71)62(70)61(69)59(55-66)73-64)58(67)53-51-49-47-45-43-41-18-16-14-12-10-8-6-4-2/h51,53,57-59,61-64,66-67,69-71H,3-50,52,54-56H2,1-2H3,(H,65,68)/b53-51+. The molecule has 0 bridgehead atoms. The summed E-state index contributed by atoms with van der Waals surface area (Å²) in [6.07, 6.45) is 61.8. The summed E-state index contributed by atoms with van der Waals surface area (Å²) in [5.41, 5.74) is 0. The van der Waals surface area contributed by atoms with E-state index < -0.39 is 49.5 Å². The second-order valence-electron chi connectivity index (χ2n) is 22.9. The van der Waals surface area contributed by atoms with Gasteiger partial charge in [-0.15, -0.1) is 0 Å². The number of hydrogen-bond donors (Lipinski definition) is 6. The van der Waals surface area contributed by atoms with Crippen molar-refractivity contribution < 1.29 is 39.8 Å². The van der Waals surface area contributed by atoms with Crippen LogP contribution in [0.3, 0.4) is 0 Å². The van der Waals surface area contributed by atoms with Crippen LogP contribution in [0, 0.1) is 0 Å². The Morgan fingerprint density at radius 3 is 1.07 bits per heavy atom. The second kappa shape index (κ2) is 54.3. The molecular formula is C64H125NO8. The lowest BCUT2D eigenvalue weighted by atomic mass is 9.99. The van der Waals surface area contributed by atoms with Crippen molar-refractivity contribution >= 4 is 5.91 Å². The van der Waals surface area contributed by atoms with Gasteiger partial charge < -0.3 is 40.3 Å². The first-order valence-electron chi connectivity index (χ1n) is 32.4. The fraction of sp³-hybridized carbons (Fsp3) is 0.953. The zero-order chi connectivity index (χ0) is 52.9. The monoisotopic (exact) mass is 1040 g/mol. The van der Waals surface area contributed by atoms with Crippen molar-refractivity contribution in [2.75, 3.05) is 13.2 Å². The number of carbonyl (C=O) groups excluding carboxylic acids is 1. The number of aliphatic hydroxyl groups excluding tert-OH is 5. The lowest BCUT2D eigenvalue weighted by Crippen LogP contribution is -2.60. The quantitative estimate of drug-likeness (QED) is 0.0261. The van der Waals surface area contributed by atoms with Gasteiger partial charge in [0.2, 0.25) is 5.91 Å². The molecule has 1 amide bonds. The van der Waals surface area contributed by atoms with Gasteiger partial charge in [-0.25, -0.2) is 0 Å². The molecule has 9 nitrogen and oxygen atoms in total. The van der Waals surface area contributed by atoms with E-state index in [0.717, 1.165) is 38.5 Å². The Kier molecular flexibility index (Phi) is 52.0. The first-order chi connectivity index (χ1) is 35.8. The molecule has 0 aromatic rings. The predicted molar refractivity (Wildman–Crippen MR) is 309 cm³/mol. The number of nitrogens with one attached hydrogen (secondary N) is 1. The van der Waals surface area contributed by atoms with Crippen molar-refractivity contribution in [3.63, 3.8) is 0 Å². The molecule has 1 aliphatic heterocycles. The van der Waals surface area contributed by atoms with Crippen LogP contribution >= 0.6 is 0 Å². The zero-order valence-corrected chi connectivity index (χ0v) is 48.4. The Morgan fingerprint density at radius 1 is 0.452 bits per heavy atom. The molecule has 1 aliphatic rings. The van der Waals surface area contributed by atoms with Gasteiger partial charge in [0.1, 0.15) is 24.4 Å². The minimum Gasteiger partial charge on any atom is -0.394 e. The number of ether oxygens (including phenoxy) is 2. The summed E-state index contributed by atoms with van der Waals surface area (Å²) in [6.45, 7) is 3.82. The third-order valence-corrected chi connectivity index (χ3v) is 15.9. The summed E-state index contributed by atoms with van der Waals surface area (Å²) in [6, 6.07) is -0.800. The molecular weight excluding hydrogens is 911 g/mol. The van der Waals surface area contributed by atoms with Gasteiger partial charge >= 0.3 is 0 Å². The number of aliphatic hydroxyl groups is 5. The summed E-state index contributed by atoms with van der Waals surface area (Å²) in [7, 11) is 0. The first kappa shape index (κ1) is 69.9. The Hall–Kier alpha value is -1.07. The molecule has 434 valence electrons. The van der Waals surface area contributed by atoms with Crippen LogP contribution in [0.4, 0.5) is 0 Å². The van der Waals surface area contributed by atoms with Gasteiger partial charge in [-0.3, -0.25) is 4.79 Å². The highest BCUT2D eigenvalue weighted by Gasteiger charge is 2.44. The predicted octanol–water partition coefficient (Wildman–Crippen LogP) is 16.7. The van der Waals surface area contributed by atoms with Crippen LogP contribution in [-0.4, -0.2) is 87.5 Å². The molecule has 9 heteroatoms. The molecule has 1 saturated heterocycles. The van der Waals surface area contributed by atoms with Crippen LogP contribution in [0.25, 0.3) is 0 Å². The maximum Gasteiger partial charge on any atom is 0.220 e. The molecule has 0 radical (unpaired) electrons. The number of carbonyl (C=O) groups is 1. The summed E-state index contributed by atoms with van der Waals surface area (Å²) >= 11 is 0. The van der Waals surface area contributed by atoms with E-state index in [-0.39, 0.29) is 12.5 Å². The van der Waals surface area contributed by atoms with Gasteiger partial charge in [-0.2, -0.15) is 0 Å². The van der Waals surface area contributed by atoms with Crippen LogP contribution in [0.1, 0.15) is 335 Å². The van der Waals surface area contributed by atoms with Crippen LogP contribution in [0.2, 0.25) is 0 Å². The average molecular weight is 1040 g/mol. The number of hydrogen-bond acceptors (Lipinski definition) is 8. The van der Waals surface area contributed by atoms with Crippen LogP contribution in [-0.2, 0) is 14.3 Å². The van der Waals surface area contributed by atoms with Crippen molar-refractivity contribution in [2.24, 2.45) is 0 Å². The molecule has 0 aromatic heterocycles. The molecule has 0 aliphatic carbocycles. The van der Waals surface area contributed by atoms with Crippen molar-refractivity contribution in [3.8, 4) is 0 Å². The second-order valence-corrected chi connectivity index (χ2v) is 22.9. The van der Waals surface area contributed by atoms with Crippen molar-refractivity contribution in [1.29, 1.82) is 0 Å². The summed E-state index contributed by atoms with van der Waals surface area (Å²) in [5, 5.41) is 54.5. The van der Waals surface area contributed by atoms with Crippen LogP contribution < -0.4 is 5.32 Å². The minimum atomic E-state index is -1.56. The third kappa shape index (κ3) is 43.6. The minimum absolute atomic E-state index is 0.169. The van der Waals surface area contributed by atoms with Crippen molar-refractivity contribution in [1.82, 2.24) is 5.32 Å². The lowest BCUT2D eigenvalue weighted by Gasteiger charge is -2.40. The molecule has 73 heavy (non-hydrogen) atoms. The summed E-state index contributed by atoms with van der Waals surface area (Å²) in [5.74, 6) is -0.169. The van der Waals surface area contributed by atoms with E-state index in [4.69, 9.17) is 9.47 Å². The number of unbranched alkanes of at least 4 members (excludes halogenated alkanes) is 47. The zero-order valence-electron chi connectivity index (χ0n) is 48.4. The summed E-state index contributed by atoms with van der Waals surface area (Å²) < 4.78 is 11.3. The van der Waals surface area contributed by atoms with E-state index in [1.165, 1.54) is 276 Å². The van der Waals surface area contributed by atoms with Crippen LogP contribution in [0.15, 0.2) is 12.2 Å². The Morgan fingerprint density at radius 2 is 0.753 bits per heavy atom. The molecule has 1 fully saturated rings. The fourth-order valence-electron chi connectivity index (χ4n) is 10.8. The van der Waals surface area contributed by atoms with E-state index in [9.17, 15) is 30.3 Å². The molecule has 7 unspecified atom stereocenters. The molecule has 0 saturated carbocycles. The molecule has 1 rings (SSSR count). The topological polar surface area (TPSA) is 149 Å². The van der Waals surface area contributed by atoms with E-state index in [2.05, 4.69) is 19.2 Å². The van der Waals surface area contributed by atoms with Gasteiger partial charge in [-0.05, 0) is 19.3 Å². The molecule has 0 spiro atoms. The first-order valence-corrected chi connectivity index (χ1v) is 32.4. The number of allylic oxidation sites excluding steroid dienone is 1. The highest BCUT2D eigenvalue weighted by atomic mass is 16.7. The maximum absolute atomic E-state index is 13.1. The van der Waals surface area contributed by atoms with Crippen molar-refractivity contribution in [2.45, 2.75) is 378 Å². The molecule has 7 atom stereocenters. The number of amides is 1. The Balaban J connectivity index is 2.04. The van der Waals surface area contributed by atoms with Gasteiger partial charge in [0, 0.05) is 6.42 Å². The van der Waals surface area contributed by atoms with Crippen molar-refractivity contribution in [3.05, 3.63) is 12.2 Å². The average Bonchev–Trinajstić information content (AvgIpc) is 3.39. The van der Waals surface area contributed by atoms with Gasteiger partial charge in [0.05, 0.1) is 25.4 Å². The van der Waals surface area contributed by atoms with Gasteiger partial charge in [-0.1, -0.05) is 321 Å². The Bertz CT molecular complexity index is 1150. The van der Waals surface area contributed by atoms with E-state index in [1.54, 1.807) is 6.08 Å². The fourth-order valence-corrected chi connectivity index (χ4v) is 10.8. The largest absolute Gasteiger partial charge is 0.394 e. The highest BCUT2D eigenvalue weighted by Crippen LogP contribution is 2.23. The van der Waals surface area contributed by atoms with Crippen LogP contribution in [0.5, 0.6) is 0 Å². The van der Waals surface area contributed by atoms with E-state index >= 15 is 0 Å². The van der Waals surface area contributed by atoms with E-state index in [1.807, 2.05) is 6.08 Å². The number of rotatable bonds is 57. The Labute approximate surface area is 452 Å².